The Hall–Kier alpha value is -1.92. The van der Waals surface area contributed by atoms with Crippen molar-refractivity contribution >= 4 is 11.9 Å². The normalized spacial score (nSPS) is 14.5. The Balaban J connectivity index is 3.12. The summed E-state index contributed by atoms with van der Waals surface area (Å²) in [6, 6.07) is 4.75. The average molecular weight is 351 g/mol. The van der Waals surface area contributed by atoms with E-state index in [4.69, 9.17) is 9.47 Å². The summed E-state index contributed by atoms with van der Waals surface area (Å²) >= 11 is 0. The number of aliphatic hydroxyl groups excluding tert-OH is 1. The fourth-order valence-electron chi connectivity index (χ4n) is 1.96. The molecule has 6 nitrogen and oxygen atoms in total. The van der Waals surface area contributed by atoms with Crippen molar-refractivity contribution in [3.05, 3.63) is 23.8 Å². The molecule has 3 atom stereocenters. The second-order valence-electron chi connectivity index (χ2n) is 6.24. The molecule has 0 fully saturated rings. The van der Waals surface area contributed by atoms with Gasteiger partial charge >= 0.3 is 11.9 Å². The maximum atomic E-state index is 12.1. The largest absolute Gasteiger partial charge is 0.422 e. The van der Waals surface area contributed by atoms with E-state index in [1.807, 2.05) is 13.8 Å². The van der Waals surface area contributed by atoms with Crippen molar-refractivity contribution in [1.29, 1.82) is 0 Å². The first kappa shape index (κ1) is 21.1. The van der Waals surface area contributed by atoms with Crippen molar-refractivity contribution in [2.24, 2.45) is 11.8 Å². The van der Waals surface area contributed by atoms with Gasteiger partial charge in [-0.05, 0) is 37.6 Å². The molecule has 6 heteroatoms. The number of hydrogen-bond donors (Lipinski definition) is 2. The lowest BCUT2D eigenvalue weighted by molar-refractivity contribution is -0.141. The highest BCUT2D eigenvalue weighted by Crippen LogP contribution is 2.32. The van der Waals surface area contributed by atoms with Crippen LogP contribution in [0.2, 0.25) is 0 Å². The quantitative estimate of drug-likeness (QED) is 0.526. The molecule has 25 heavy (non-hydrogen) atoms. The first-order valence-corrected chi connectivity index (χ1v) is 8.73. The Kier molecular flexibility index (Phi) is 8.58. The zero-order valence-electron chi connectivity index (χ0n) is 15.7. The summed E-state index contributed by atoms with van der Waals surface area (Å²) in [6.07, 6.45) is 0.535. The van der Waals surface area contributed by atoms with Crippen LogP contribution in [-0.4, -0.2) is 30.6 Å². The number of carbonyl (C=O) groups is 2. The highest BCUT2D eigenvalue weighted by molar-refractivity contribution is 5.78. The minimum Gasteiger partial charge on any atom is -0.422 e. The first-order chi connectivity index (χ1) is 11.8. The molecule has 2 N–H and O–H groups in total. The van der Waals surface area contributed by atoms with Crippen molar-refractivity contribution in [1.82, 2.24) is 5.32 Å². The van der Waals surface area contributed by atoms with E-state index in [1.54, 1.807) is 39.1 Å². The van der Waals surface area contributed by atoms with E-state index in [1.165, 1.54) is 0 Å². The molecule has 0 amide bonds. The highest BCUT2D eigenvalue weighted by Gasteiger charge is 2.21. The van der Waals surface area contributed by atoms with Gasteiger partial charge in [-0.25, -0.2) is 0 Å². The van der Waals surface area contributed by atoms with Crippen LogP contribution >= 0.6 is 0 Å². The zero-order chi connectivity index (χ0) is 19.0. The second-order valence-corrected chi connectivity index (χ2v) is 6.24. The Labute approximate surface area is 149 Å². The molecule has 0 aliphatic carbocycles. The summed E-state index contributed by atoms with van der Waals surface area (Å²) in [6.45, 7) is 7.69. The third kappa shape index (κ3) is 6.14. The van der Waals surface area contributed by atoms with E-state index >= 15 is 0 Å². The smallest absolute Gasteiger partial charge is 0.314 e. The summed E-state index contributed by atoms with van der Waals surface area (Å²) in [4.78, 5) is 24.2. The maximum absolute atomic E-state index is 12.1. The van der Waals surface area contributed by atoms with Gasteiger partial charge in [0.05, 0.1) is 17.9 Å². The third-order valence-corrected chi connectivity index (χ3v) is 4.20. The van der Waals surface area contributed by atoms with Gasteiger partial charge in [0, 0.05) is 6.54 Å². The van der Waals surface area contributed by atoms with E-state index in [0.29, 0.717) is 24.9 Å². The summed E-state index contributed by atoms with van der Waals surface area (Å²) in [5.41, 5.74) is 0.574. The number of benzene rings is 1. The Morgan fingerprint density at radius 2 is 1.56 bits per heavy atom. The van der Waals surface area contributed by atoms with Gasteiger partial charge in [-0.3, -0.25) is 9.59 Å². The Morgan fingerprint density at radius 1 is 1.04 bits per heavy atom. The third-order valence-electron chi connectivity index (χ3n) is 4.20. The molecular weight excluding hydrogens is 322 g/mol. The summed E-state index contributed by atoms with van der Waals surface area (Å²) in [7, 11) is 1.73. The molecule has 0 heterocycles. The van der Waals surface area contributed by atoms with Gasteiger partial charge in [0.15, 0.2) is 11.5 Å². The summed E-state index contributed by atoms with van der Waals surface area (Å²) in [5.74, 6) is -0.982. The molecule has 140 valence electrons. The van der Waals surface area contributed by atoms with E-state index in [9.17, 15) is 14.7 Å². The van der Waals surface area contributed by atoms with E-state index in [0.717, 1.165) is 0 Å². The van der Waals surface area contributed by atoms with Gasteiger partial charge in [0.1, 0.15) is 0 Å². The van der Waals surface area contributed by atoms with E-state index in [-0.39, 0.29) is 29.3 Å². The minimum absolute atomic E-state index is 0.148. The van der Waals surface area contributed by atoms with E-state index in [2.05, 4.69) is 5.32 Å². The molecule has 3 unspecified atom stereocenters. The molecule has 0 aliphatic rings. The second kappa shape index (κ2) is 10.2. The minimum atomic E-state index is -0.759. The number of rotatable bonds is 9. The predicted octanol–water partition coefficient (Wildman–Crippen LogP) is 2.84. The number of nitrogens with one attached hydrogen (secondary N) is 1. The van der Waals surface area contributed by atoms with Crippen LogP contribution in [0.3, 0.4) is 0 Å². The summed E-state index contributed by atoms with van der Waals surface area (Å²) < 4.78 is 10.8. The molecule has 1 rings (SSSR count). The average Bonchev–Trinajstić information content (AvgIpc) is 2.61. The molecule has 0 saturated carbocycles. The van der Waals surface area contributed by atoms with Crippen LogP contribution in [-0.2, 0) is 9.59 Å². The number of likely N-dealkylation sites (N-methyl/N-ethyl adjacent to an activating group) is 1. The molecule has 0 aromatic heterocycles. The van der Waals surface area contributed by atoms with Crippen molar-refractivity contribution in [2.75, 3.05) is 13.6 Å². The lowest BCUT2D eigenvalue weighted by atomic mass is 10.1. The van der Waals surface area contributed by atoms with Crippen LogP contribution in [0.4, 0.5) is 0 Å². The van der Waals surface area contributed by atoms with Crippen molar-refractivity contribution in [3.8, 4) is 11.5 Å². The number of hydrogen-bond acceptors (Lipinski definition) is 6. The summed E-state index contributed by atoms with van der Waals surface area (Å²) in [5, 5.41) is 13.0. The van der Waals surface area contributed by atoms with Crippen LogP contribution in [0.15, 0.2) is 18.2 Å². The SMILES string of the molecule is CCC(C)C(=O)Oc1ccc(C(O)CNC)cc1OC(=O)C(C)CC. The van der Waals surface area contributed by atoms with Crippen molar-refractivity contribution in [2.45, 2.75) is 46.6 Å². The molecule has 1 aromatic carbocycles. The van der Waals surface area contributed by atoms with Gasteiger partial charge in [-0.1, -0.05) is 33.8 Å². The van der Waals surface area contributed by atoms with Crippen LogP contribution in [0.5, 0.6) is 11.5 Å². The van der Waals surface area contributed by atoms with Gasteiger partial charge in [0.25, 0.3) is 0 Å². The molecule has 0 aliphatic heterocycles. The molecule has 0 saturated heterocycles. The fourth-order valence-corrected chi connectivity index (χ4v) is 1.96. The van der Waals surface area contributed by atoms with Gasteiger partial charge in [0.2, 0.25) is 0 Å². The topological polar surface area (TPSA) is 84.9 Å². The fraction of sp³-hybridized carbons (Fsp3) is 0.579. The maximum Gasteiger partial charge on any atom is 0.314 e. The van der Waals surface area contributed by atoms with Crippen molar-refractivity contribution in [3.63, 3.8) is 0 Å². The lowest BCUT2D eigenvalue weighted by Gasteiger charge is -2.17. The molecule has 0 spiro atoms. The van der Waals surface area contributed by atoms with Gasteiger partial charge in [-0.15, -0.1) is 0 Å². The predicted molar refractivity (Wildman–Crippen MR) is 95.5 cm³/mol. The first-order valence-electron chi connectivity index (χ1n) is 8.73. The number of ether oxygens (including phenoxy) is 2. The van der Waals surface area contributed by atoms with Crippen molar-refractivity contribution < 1.29 is 24.2 Å². The standard InChI is InChI=1S/C19H29NO5/c1-6-12(3)18(22)24-16-9-8-14(15(21)11-20-5)10-17(16)25-19(23)13(4)7-2/h8-10,12-13,15,20-21H,6-7,11H2,1-5H3. The van der Waals surface area contributed by atoms with Gasteiger partial charge < -0.3 is 19.9 Å². The van der Waals surface area contributed by atoms with E-state index < -0.39 is 12.1 Å². The monoisotopic (exact) mass is 351 g/mol. The van der Waals surface area contributed by atoms with Crippen LogP contribution in [0.25, 0.3) is 0 Å². The Morgan fingerprint density at radius 3 is 2.04 bits per heavy atom. The van der Waals surface area contributed by atoms with Crippen LogP contribution in [0, 0.1) is 11.8 Å². The number of aliphatic hydroxyl groups is 1. The molecule has 0 bridgehead atoms. The Bertz CT molecular complexity index is 587. The number of carbonyl (C=O) groups excluding carboxylic acids is 2. The highest BCUT2D eigenvalue weighted by atomic mass is 16.6. The molecule has 0 radical (unpaired) electrons. The van der Waals surface area contributed by atoms with Gasteiger partial charge in [-0.2, -0.15) is 0 Å². The lowest BCUT2D eigenvalue weighted by Crippen LogP contribution is -2.21. The number of esters is 2. The van der Waals surface area contributed by atoms with Crippen LogP contribution < -0.4 is 14.8 Å². The zero-order valence-corrected chi connectivity index (χ0v) is 15.7. The molecular formula is C19H29NO5. The van der Waals surface area contributed by atoms with Crippen LogP contribution in [0.1, 0.15) is 52.2 Å². The molecule has 1 aromatic rings.